The SMILES string of the molecule is CCc1nn(C)c(C(=O)N2CCCSCC2)c1N. The topological polar surface area (TPSA) is 64.2 Å². The number of nitrogen functional groups attached to an aromatic ring is 1. The van der Waals surface area contributed by atoms with Gasteiger partial charge in [-0.1, -0.05) is 6.92 Å². The number of anilines is 1. The number of aryl methyl sites for hydroxylation is 2. The number of nitrogens with two attached hydrogens (primary N) is 1. The third kappa shape index (κ3) is 2.48. The summed E-state index contributed by atoms with van der Waals surface area (Å²) in [5.41, 5.74) is 7.92. The van der Waals surface area contributed by atoms with E-state index in [2.05, 4.69) is 5.10 Å². The van der Waals surface area contributed by atoms with Crippen LogP contribution in [0.5, 0.6) is 0 Å². The number of carbonyl (C=O) groups excluding carboxylic acids is 1. The highest BCUT2D eigenvalue weighted by Gasteiger charge is 2.24. The van der Waals surface area contributed by atoms with Gasteiger partial charge < -0.3 is 10.6 Å². The average molecular weight is 268 g/mol. The Kier molecular flexibility index (Phi) is 4.16. The van der Waals surface area contributed by atoms with E-state index in [9.17, 15) is 4.79 Å². The molecule has 0 aromatic carbocycles. The second-order valence-corrected chi connectivity index (χ2v) is 5.67. The molecule has 2 N–H and O–H groups in total. The molecular weight excluding hydrogens is 248 g/mol. The molecule has 1 aromatic rings. The molecule has 1 aliphatic heterocycles. The van der Waals surface area contributed by atoms with Gasteiger partial charge in [0.1, 0.15) is 5.69 Å². The fraction of sp³-hybridized carbons (Fsp3) is 0.667. The van der Waals surface area contributed by atoms with Crippen molar-refractivity contribution in [3.05, 3.63) is 11.4 Å². The van der Waals surface area contributed by atoms with E-state index in [0.29, 0.717) is 11.4 Å². The van der Waals surface area contributed by atoms with Crippen LogP contribution < -0.4 is 5.73 Å². The second kappa shape index (κ2) is 5.65. The molecule has 1 fully saturated rings. The quantitative estimate of drug-likeness (QED) is 0.873. The van der Waals surface area contributed by atoms with E-state index in [0.717, 1.165) is 43.1 Å². The summed E-state index contributed by atoms with van der Waals surface area (Å²) in [6, 6.07) is 0. The monoisotopic (exact) mass is 268 g/mol. The van der Waals surface area contributed by atoms with Crippen LogP contribution >= 0.6 is 11.8 Å². The van der Waals surface area contributed by atoms with Crippen LogP contribution in [0, 0.1) is 0 Å². The van der Waals surface area contributed by atoms with Gasteiger partial charge in [0.05, 0.1) is 11.4 Å². The predicted molar refractivity (Wildman–Crippen MR) is 74.8 cm³/mol. The maximum absolute atomic E-state index is 12.5. The van der Waals surface area contributed by atoms with Crippen LogP contribution in [0.1, 0.15) is 29.5 Å². The molecule has 1 amide bonds. The number of hydrogen-bond donors (Lipinski definition) is 1. The highest BCUT2D eigenvalue weighted by atomic mass is 32.2. The first kappa shape index (κ1) is 13.3. The summed E-state index contributed by atoms with van der Waals surface area (Å²) >= 11 is 1.90. The number of carbonyl (C=O) groups is 1. The minimum atomic E-state index is 0.0182. The summed E-state index contributed by atoms with van der Waals surface area (Å²) in [6.07, 6.45) is 1.80. The Morgan fingerprint density at radius 1 is 1.44 bits per heavy atom. The van der Waals surface area contributed by atoms with E-state index in [4.69, 9.17) is 5.73 Å². The zero-order chi connectivity index (χ0) is 13.1. The molecule has 100 valence electrons. The number of amides is 1. The largest absolute Gasteiger partial charge is 0.395 e. The first-order chi connectivity index (χ1) is 8.65. The van der Waals surface area contributed by atoms with Gasteiger partial charge >= 0.3 is 0 Å². The predicted octanol–water partition coefficient (Wildman–Crippen LogP) is 1.14. The van der Waals surface area contributed by atoms with Gasteiger partial charge in [-0.25, -0.2) is 0 Å². The highest BCUT2D eigenvalue weighted by Crippen LogP contribution is 2.20. The normalized spacial score (nSPS) is 16.7. The van der Waals surface area contributed by atoms with Crippen molar-refractivity contribution in [2.45, 2.75) is 19.8 Å². The summed E-state index contributed by atoms with van der Waals surface area (Å²) in [7, 11) is 1.79. The van der Waals surface area contributed by atoms with Gasteiger partial charge in [-0.2, -0.15) is 16.9 Å². The molecule has 0 spiro atoms. The summed E-state index contributed by atoms with van der Waals surface area (Å²) in [5, 5.41) is 4.31. The van der Waals surface area contributed by atoms with Crippen molar-refractivity contribution in [2.24, 2.45) is 7.05 Å². The van der Waals surface area contributed by atoms with Crippen LogP contribution in [-0.4, -0.2) is 45.2 Å². The van der Waals surface area contributed by atoms with Gasteiger partial charge in [0, 0.05) is 25.9 Å². The lowest BCUT2D eigenvalue weighted by Crippen LogP contribution is -2.34. The van der Waals surface area contributed by atoms with Crippen molar-refractivity contribution in [3.8, 4) is 0 Å². The molecule has 0 saturated carbocycles. The molecule has 2 heterocycles. The summed E-state index contributed by atoms with van der Waals surface area (Å²) < 4.78 is 1.62. The molecule has 0 radical (unpaired) electrons. The Hall–Kier alpha value is -1.17. The molecule has 0 bridgehead atoms. The van der Waals surface area contributed by atoms with Crippen molar-refractivity contribution < 1.29 is 4.79 Å². The maximum atomic E-state index is 12.5. The first-order valence-electron chi connectivity index (χ1n) is 6.33. The van der Waals surface area contributed by atoms with Crippen LogP contribution in [0.4, 0.5) is 5.69 Å². The average Bonchev–Trinajstić information content (AvgIpc) is 2.58. The lowest BCUT2D eigenvalue weighted by atomic mass is 10.2. The molecular formula is C12H20N4OS. The van der Waals surface area contributed by atoms with Gasteiger partial charge in [-0.15, -0.1) is 0 Å². The summed E-state index contributed by atoms with van der Waals surface area (Å²) in [4.78, 5) is 14.4. The Morgan fingerprint density at radius 3 is 2.89 bits per heavy atom. The fourth-order valence-electron chi connectivity index (χ4n) is 2.21. The van der Waals surface area contributed by atoms with Crippen LogP contribution in [0.15, 0.2) is 0 Å². The standard InChI is InChI=1S/C12H20N4OS/c1-3-9-10(13)11(15(2)14-9)12(17)16-5-4-7-18-8-6-16/h3-8,13H2,1-2H3. The van der Waals surface area contributed by atoms with Crippen molar-refractivity contribution in [2.75, 3.05) is 30.3 Å². The lowest BCUT2D eigenvalue weighted by Gasteiger charge is -2.20. The summed E-state index contributed by atoms with van der Waals surface area (Å²) in [6.45, 7) is 3.61. The molecule has 1 saturated heterocycles. The Bertz CT molecular complexity index is 436. The minimum Gasteiger partial charge on any atom is -0.395 e. The summed E-state index contributed by atoms with van der Waals surface area (Å²) in [5.74, 6) is 2.15. The number of hydrogen-bond acceptors (Lipinski definition) is 4. The Balaban J connectivity index is 2.24. The molecule has 1 aromatic heterocycles. The number of rotatable bonds is 2. The molecule has 18 heavy (non-hydrogen) atoms. The van der Waals surface area contributed by atoms with Crippen LogP contribution in [-0.2, 0) is 13.5 Å². The number of thioether (sulfide) groups is 1. The van der Waals surface area contributed by atoms with Crippen molar-refractivity contribution >= 4 is 23.4 Å². The maximum Gasteiger partial charge on any atom is 0.274 e. The third-order valence-electron chi connectivity index (χ3n) is 3.21. The van der Waals surface area contributed by atoms with Crippen LogP contribution in [0.3, 0.4) is 0 Å². The van der Waals surface area contributed by atoms with Crippen molar-refractivity contribution in [1.29, 1.82) is 0 Å². The Labute approximate surface area is 112 Å². The highest BCUT2D eigenvalue weighted by molar-refractivity contribution is 7.99. The molecule has 0 aliphatic carbocycles. The van der Waals surface area contributed by atoms with Crippen LogP contribution in [0.25, 0.3) is 0 Å². The second-order valence-electron chi connectivity index (χ2n) is 4.44. The van der Waals surface area contributed by atoms with Crippen LogP contribution in [0.2, 0.25) is 0 Å². The van der Waals surface area contributed by atoms with E-state index < -0.39 is 0 Å². The van der Waals surface area contributed by atoms with Gasteiger partial charge in [-0.3, -0.25) is 9.48 Å². The van der Waals surface area contributed by atoms with E-state index in [1.54, 1.807) is 11.7 Å². The Morgan fingerprint density at radius 2 is 2.22 bits per heavy atom. The zero-order valence-electron chi connectivity index (χ0n) is 11.0. The minimum absolute atomic E-state index is 0.0182. The molecule has 2 rings (SSSR count). The van der Waals surface area contributed by atoms with Crippen molar-refractivity contribution in [1.82, 2.24) is 14.7 Å². The molecule has 6 heteroatoms. The smallest absolute Gasteiger partial charge is 0.274 e. The van der Waals surface area contributed by atoms with Gasteiger partial charge in [-0.05, 0) is 18.6 Å². The molecule has 0 atom stereocenters. The van der Waals surface area contributed by atoms with E-state index in [-0.39, 0.29) is 5.91 Å². The van der Waals surface area contributed by atoms with Gasteiger partial charge in [0.15, 0.2) is 0 Å². The lowest BCUT2D eigenvalue weighted by molar-refractivity contribution is 0.0758. The zero-order valence-corrected chi connectivity index (χ0v) is 11.8. The molecule has 1 aliphatic rings. The van der Waals surface area contributed by atoms with E-state index in [1.165, 1.54) is 0 Å². The number of aromatic nitrogens is 2. The van der Waals surface area contributed by atoms with Crippen molar-refractivity contribution in [3.63, 3.8) is 0 Å². The number of nitrogens with zero attached hydrogens (tertiary/aromatic N) is 3. The van der Waals surface area contributed by atoms with E-state index >= 15 is 0 Å². The van der Waals surface area contributed by atoms with E-state index in [1.807, 2.05) is 23.6 Å². The molecule has 5 nitrogen and oxygen atoms in total. The first-order valence-corrected chi connectivity index (χ1v) is 7.49. The van der Waals surface area contributed by atoms with Gasteiger partial charge in [0.25, 0.3) is 5.91 Å². The third-order valence-corrected chi connectivity index (χ3v) is 4.26. The van der Waals surface area contributed by atoms with Gasteiger partial charge in [0.2, 0.25) is 0 Å². The fourth-order valence-corrected chi connectivity index (χ4v) is 3.10. The molecule has 0 unspecified atom stereocenters.